The number of nitrogens with one attached hydrogen (secondary N) is 1. The van der Waals surface area contributed by atoms with Crippen molar-refractivity contribution in [1.82, 2.24) is 0 Å². The number of ketones is 1. The lowest BCUT2D eigenvalue weighted by atomic mass is 9.87. The van der Waals surface area contributed by atoms with Crippen LogP contribution in [0.3, 0.4) is 0 Å². The second-order valence-electron chi connectivity index (χ2n) is 8.81. The molecule has 0 radical (unpaired) electrons. The first-order valence-electron chi connectivity index (χ1n) is 9.94. The molecule has 29 heavy (non-hydrogen) atoms. The molecule has 6 heteroatoms. The van der Waals surface area contributed by atoms with E-state index in [0.29, 0.717) is 42.6 Å². The predicted molar refractivity (Wildman–Crippen MR) is 110 cm³/mol. The fourth-order valence-corrected chi connectivity index (χ4v) is 3.78. The number of anilines is 1. The summed E-state index contributed by atoms with van der Waals surface area (Å²) in [6.07, 6.45) is 0. The Hall–Kier alpha value is -2.86. The van der Waals surface area contributed by atoms with Crippen LogP contribution in [0.2, 0.25) is 0 Å². The largest absolute Gasteiger partial charge is 0.486 e. The van der Waals surface area contributed by atoms with Crippen LogP contribution in [-0.4, -0.2) is 38.6 Å². The molecular formula is C23H27N2O4+. The lowest BCUT2D eigenvalue weighted by Gasteiger charge is -2.24. The van der Waals surface area contributed by atoms with E-state index in [1.54, 1.807) is 17.0 Å². The molecule has 1 atom stereocenters. The lowest BCUT2D eigenvalue weighted by Crippen LogP contribution is -3.09. The van der Waals surface area contributed by atoms with E-state index in [2.05, 4.69) is 45.0 Å². The SMILES string of the molecule is C[NH+](Cc1ccc(C(C)(C)C)cc1)CN1C(=O)C(=O)c2cc3c(cc21)OCCO3. The van der Waals surface area contributed by atoms with Gasteiger partial charge in [-0.15, -0.1) is 0 Å². The Morgan fingerprint density at radius 2 is 1.62 bits per heavy atom. The summed E-state index contributed by atoms with van der Waals surface area (Å²) in [5.74, 6) is 0.125. The first-order valence-corrected chi connectivity index (χ1v) is 9.94. The fraction of sp³-hybridized carbons (Fsp3) is 0.391. The van der Waals surface area contributed by atoms with Gasteiger partial charge in [-0.05, 0) is 17.0 Å². The number of fused-ring (bicyclic) bond motifs is 2. The number of carbonyl (C=O) groups excluding carboxylic acids is 2. The zero-order valence-corrected chi connectivity index (χ0v) is 17.4. The van der Waals surface area contributed by atoms with Crippen LogP contribution in [0.5, 0.6) is 11.5 Å². The smallest absolute Gasteiger partial charge is 0.303 e. The topological polar surface area (TPSA) is 60.3 Å². The van der Waals surface area contributed by atoms with Crippen molar-refractivity contribution >= 4 is 17.4 Å². The van der Waals surface area contributed by atoms with Gasteiger partial charge in [0.15, 0.2) is 18.2 Å². The molecule has 2 aromatic rings. The van der Waals surface area contributed by atoms with Crippen molar-refractivity contribution in [1.29, 1.82) is 0 Å². The van der Waals surface area contributed by atoms with Crippen molar-refractivity contribution in [2.45, 2.75) is 32.7 Å². The lowest BCUT2D eigenvalue weighted by molar-refractivity contribution is -0.892. The number of nitrogens with zero attached hydrogens (tertiary/aromatic N) is 1. The molecule has 4 rings (SSSR count). The number of hydrogen-bond acceptors (Lipinski definition) is 4. The quantitative estimate of drug-likeness (QED) is 0.804. The third-order valence-electron chi connectivity index (χ3n) is 5.39. The Balaban J connectivity index is 1.51. The molecule has 0 saturated heterocycles. The second-order valence-corrected chi connectivity index (χ2v) is 8.81. The van der Waals surface area contributed by atoms with Crippen LogP contribution < -0.4 is 19.3 Å². The molecule has 2 aliphatic rings. The predicted octanol–water partition coefficient (Wildman–Crippen LogP) is 1.96. The van der Waals surface area contributed by atoms with Crippen LogP contribution in [0.15, 0.2) is 36.4 Å². The molecule has 1 amide bonds. The van der Waals surface area contributed by atoms with Gasteiger partial charge in [-0.25, -0.2) is 0 Å². The highest BCUT2D eigenvalue weighted by Gasteiger charge is 2.39. The fourth-order valence-electron chi connectivity index (χ4n) is 3.78. The Morgan fingerprint density at radius 1 is 1.00 bits per heavy atom. The van der Waals surface area contributed by atoms with E-state index in [4.69, 9.17) is 9.47 Å². The molecule has 1 N–H and O–H groups in total. The first kappa shape index (κ1) is 19.5. The third-order valence-corrected chi connectivity index (χ3v) is 5.39. The number of benzene rings is 2. The summed E-state index contributed by atoms with van der Waals surface area (Å²) in [6.45, 7) is 8.64. The van der Waals surface area contributed by atoms with Gasteiger partial charge >= 0.3 is 5.91 Å². The monoisotopic (exact) mass is 395 g/mol. The zero-order valence-electron chi connectivity index (χ0n) is 17.4. The normalized spacial score (nSPS) is 16.8. The Kier molecular flexibility index (Phi) is 4.82. The number of carbonyl (C=O) groups is 2. The molecule has 2 aliphatic heterocycles. The number of amides is 1. The van der Waals surface area contributed by atoms with Gasteiger partial charge < -0.3 is 14.4 Å². The molecule has 0 spiro atoms. The number of hydrogen-bond donors (Lipinski definition) is 1. The third kappa shape index (κ3) is 3.72. The highest BCUT2D eigenvalue weighted by Crippen LogP contribution is 2.40. The molecule has 0 saturated carbocycles. The van der Waals surface area contributed by atoms with Gasteiger partial charge in [0.25, 0.3) is 5.78 Å². The summed E-state index contributed by atoms with van der Waals surface area (Å²) >= 11 is 0. The van der Waals surface area contributed by atoms with Crippen molar-refractivity contribution in [3.8, 4) is 11.5 Å². The van der Waals surface area contributed by atoms with Crippen molar-refractivity contribution in [2.75, 3.05) is 31.8 Å². The van der Waals surface area contributed by atoms with Gasteiger partial charge in [0.1, 0.15) is 19.8 Å². The van der Waals surface area contributed by atoms with E-state index in [0.717, 1.165) is 11.4 Å². The van der Waals surface area contributed by atoms with Gasteiger partial charge in [-0.1, -0.05) is 45.0 Å². The molecular weight excluding hydrogens is 368 g/mol. The average Bonchev–Trinajstić information content (AvgIpc) is 2.90. The minimum atomic E-state index is -0.496. The highest BCUT2D eigenvalue weighted by molar-refractivity contribution is 6.52. The molecule has 0 aromatic heterocycles. The molecule has 0 bridgehead atoms. The van der Waals surface area contributed by atoms with Crippen LogP contribution >= 0.6 is 0 Å². The minimum Gasteiger partial charge on any atom is -0.486 e. The molecule has 2 aromatic carbocycles. The van der Waals surface area contributed by atoms with E-state index in [-0.39, 0.29) is 5.41 Å². The minimum absolute atomic E-state index is 0.119. The van der Waals surface area contributed by atoms with Crippen molar-refractivity contribution in [3.05, 3.63) is 53.1 Å². The van der Waals surface area contributed by atoms with E-state index in [1.165, 1.54) is 11.1 Å². The van der Waals surface area contributed by atoms with Gasteiger partial charge in [0, 0.05) is 11.6 Å². The molecule has 2 heterocycles. The van der Waals surface area contributed by atoms with Gasteiger partial charge in [-0.3, -0.25) is 14.5 Å². The number of ether oxygens (including phenoxy) is 2. The van der Waals surface area contributed by atoms with E-state index < -0.39 is 11.7 Å². The maximum Gasteiger partial charge on any atom is 0.303 e. The second kappa shape index (κ2) is 7.19. The Bertz CT molecular complexity index is 960. The average molecular weight is 395 g/mol. The molecule has 152 valence electrons. The standard InChI is InChI=1S/C23H26N2O4/c1-23(2,3)16-7-5-15(6-8-16)13-24(4)14-25-18-12-20-19(28-9-10-29-20)11-17(18)21(26)22(25)27/h5-8,11-12H,9-10,13-14H2,1-4H3/p+1. The van der Waals surface area contributed by atoms with Crippen LogP contribution in [-0.2, 0) is 16.8 Å². The number of quaternary nitrogens is 1. The molecule has 6 nitrogen and oxygen atoms in total. The molecule has 0 aliphatic carbocycles. The van der Waals surface area contributed by atoms with E-state index in [1.807, 2.05) is 7.05 Å². The summed E-state index contributed by atoms with van der Waals surface area (Å²) < 4.78 is 11.2. The first-order chi connectivity index (χ1) is 13.7. The van der Waals surface area contributed by atoms with Gasteiger partial charge in [0.05, 0.1) is 18.3 Å². The van der Waals surface area contributed by atoms with Crippen molar-refractivity contribution < 1.29 is 24.0 Å². The maximum atomic E-state index is 12.6. The highest BCUT2D eigenvalue weighted by atomic mass is 16.6. The summed E-state index contributed by atoms with van der Waals surface area (Å²) in [6, 6.07) is 12.0. The summed E-state index contributed by atoms with van der Waals surface area (Å²) in [5, 5.41) is 0. The Morgan fingerprint density at radius 3 is 2.24 bits per heavy atom. The molecule has 0 fully saturated rings. The molecule has 1 unspecified atom stereocenters. The summed E-state index contributed by atoms with van der Waals surface area (Å²) in [7, 11) is 2.02. The zero-order chi connectivity index (χ0) is 20.8. The van der Waals surface area contributed by atoms with E-state index in [9.17, 15) is 9.59 Å². The van der Waals surface area contributed by atoms with Gasteiger partial charge in [-0.2, -0.15) is 0 Å². The van der Waals surface area contributed by atoms with E-state index >= 15 is 0 Å². The van der Waals surface area contributed by atoms with Crippen molar-refractivity contribution in [3.63, 3.8) is 0 Å². The number of Topliss-reactive ketones (excluding diaryl/α,β-unsaturated/α-hetero) is 1. The van der Waals surface area contributed by atoms with Crippen LogP contribution in [0.25, 0.3) is 0 Å². The number of rotatable bonds is 4. The van der Waals surface area contributed by atoms with Crippen LogP contribution in [0, 0.1) is 0 Å². The van der Waals surface area contributed by atoms with Crippen molar-refractivity contribution in [2.24, 2.45) is 0 Å². The van der Waals surface area contributed by atoms with Crippen LogP contribution in [0.4, 0.5) is 5.69 Å². The van der Waals surface area contributed by atoms with Crippen LogP contribution in [0.1, 0.15) is 42.3 Å². The summed E-state index contributed by atoms with van der Waals surface area (Å²) in [5.41, 5.74) is 3.60. The maximum absolute atomic E-state index is 12.6. The Labute approximate surface area is 171 Å². The van der Waals surface area contributed by atoms with Gasteiger partial charge in [0.2, 0.25) is 0 Å². The summed E-state index contributed by atoms with van der Waals surface area (Å²) in [4.78, 5) is 27.7.